The van der Waals surface area contributed by atoms with E-state index in [-0.39, 0.29) is 5.56 Å². The molecule has 0 radical (unpaired) electrons. The first-order chi connectivity index (χ1) is 8.06. The second-order valence-corrected chi connectivity index (χ2v) is 5.83. The van der Waals surface area contributed by atoms with E-state index in [4.69, 9.17) is 0 Å². The van der Waals surface area contributed by atoms with Crippen molar-refractivity contribution in [1.82, 2.24) is 9.47 Å². The van der Waals surface area contributed by atoms with Crippen LogP contribution in [-0.2, 0) is 6.54 Å². The van der Waals surface area contributed by atoms with Crippen LogP contribution in [0.1, 0.15) is 29.2 Å². The van der Waals surface area contributed by atoms with Gasteiger partial charge in [-0.05, 0) is 44.9 Å². The Morgan fingerprint density at radius 2 is 1.94 bits per heavy atom. The number of aryl methyl sites for hydroxylation is 2. The van der Waals surface area contributed by atoms with E-state index in [2.05, 4.69) is 29.5 Å². The zero-order valence-corrected chi connectivity index (χ0v) is 10.9. The summed E-state index contributed by atoms with van der Waals surface area (Å²) in [6.45, 7) is 7.22. The van der Waals surface area contributed by atoms with Crippen molar-refractivity contribution in [1.29, 1.82) is 0 Å². The molecule has 2 bridgehead atoms. The molecule has 2 aliphatic rings. The van der Waals surface area contributed by atoms with Crippen LogP contribution in [0.5, 0.6) is 0 Å². The molecule has 1 saturated heterocycles. The summed E-state index contributed by atoms with van der Waals surface area (Å²) in [6, 6.07) is 2.06. The average molecular weight is 232 g/mol. The maximum absolute atomic E-state index is 12.2. The van der Waals surface area contributed by atoms with Crippen molar-refractivity contribution in [3.8, 4) is 0 Å². The zero-order valence-electron chi connectivity index (χ0n) is 10.9. The Bertz CT molecular complexity index is 518. The molecule has 92 valence electrons. The van der Waals surface area contributed by atoms with Crippen molar-refractivity contribution in [2.75, 3.05) is 20.1 Å². The fraction of sp³-hybridized carbons (Fsp3) is 0.643. The molecule has 3 heterocycles. The van der Waals surface area contributed by atoms with E-state index in [1.54, 1.807) is 0 Å². The zero-order chi connectivity index (χ0) is 12.2. The predicted octanol–water partition coefficient (Wildman–Crippen LogP) is 1.51. The first-order valence-corrected chi connectivity index (χ1v) is 6.45. The largest absolute Gasteiger partial charge is 0.312 e. The van der Waals surface area contributed by atoms with Gasteiger partial charge in [-0.15, -0.1) is 0 Å². The number of nitrogens with zero attached hydrogens (tertiary/aromatic N) is 2. The van der Waals surface area contributed by atoms with Gasteiger partial charge in [-0.1, -0.05) is 0 Å². The van der Waals surface area contributed by atoms with Crippen LogP contribution in [0, 0.1) is 19.8 Å². The highest BCUT2D eigenvalue weighted by molar-refractivity contribution is 5.30. The lowest BCUT2D eigenvalue weighted by atomic mass is 9.82. The molecule has 2 aliphatic heterocycles. The van der Waals surface area contributed by atoms with Gasteiger partial charge in [0, 0.05) is 36.8 Å². The van der Waals surface area contributed by atoms with Gasteiger partial charge in [-0.3, -0.25) is 4.79 Å². The minimum atomic E-state index is 0.227. The SMILES string of the molecule is Cc1cc(C)c(=O)n2c1C1CC(CN(C)C1)C2. The molecule has 1 aromatic heterocycles. The summed E-state index contributed by atoms with van der Waals surface area (Å²) in [5.41, 5.74) is 3.70. The highest BCUT2D eigenvalue weighted by Gasteiger charge is 2.34. The van der Waals surface area contributed by atoms with E-state index < -0.39 is 0 Å². The summed E-state index contributed by atoms with van der Waals surface area (Å²) in [6.07, 6.45) is 1.26. The molecule has 3 nitrogen and oxygen atoms in total. The molecular formula is C14H20N2O. The van der Waals surface area contributed by atoms with E-state index >= 15 is 0 Å². The smallest absolute Gasteiger partial charge is 0.253 e. The summed E-state index contributed by atoms with van der Waals surface area (Å²) >= 11 is 0. The maximum Gasteiger partial charge on any atom is 0.253 e. The third-order valence-electron chi connectivity index (χ3n) is 4.26. The standard InChI is InChI=1S/C14H20N2O/c1-9-4-10(2)14(17)16-7-11-5-12(13(9)16)8-15(3)6-11/h4,11-12H,5-8H2,1-3H3. The number of pyridine rings is 1. The summed E-state index contributed by atoms with van der Waals surface area (Å²) in [7, 11) is 2.19. The highest BCUT2D eigenvalue weighted by atomic mass is 16.1. The molecule has 1 aromatic rings. The molecule has 2 atom stereocenters. The van der Waals surface area contributed by atoms with Crippen LogP contribution in [0.25, 0.3) is 0 Å². The summed E-state index contributed by atoms with van der Waals surface area (Å²) in [5, 5.41) is 0. The van der Waals surface area contributed by atoms with E-state index in [0.717, 1.165) is 25.2 Å². The van der Waals surface area contributed by atoms with Gasteiger partial charge in [-0.25, -0.2) is 0 Å². The van der Waals surface area contributed by atoms with Crippen LogP contribution in [-0.4, -0.2) is 29.6 Å². The Balaban J connectivity index is 2.18. The third-order valence-corrected chi connectivity index (χ3v) is 4.26. The predicted molar refractivity (Wildman–Crippen MR) is 68.5 cm³/mol. The number of likely N-dealkylation sites (tertiary alicyclic amines) is 1. The van der Waals surface area contributed by atoms with E-state index in [1.165, 1.54) is 17.7 Å². The lowest BCUT2D eigenvalue weighted by Crippen LogP contribution is -2.46. The van der Waals surface area contributed by atoms with Gasteiger partial charge in [0.1, 0.15) is 0 Å². The van der Waals surface area contributed by atoms with Gasteiger partial charge in [0.15, 0.2) is 0 Å². The third kappa shape index (κ3) is 1.64. The molecular weight excluding hydrogens is 212 g/mol. The lowest BCUT2D eigenvalue weighted by molar-refractivity contribution is 0.144. The number of rotatable bonds is 0. The van der Waals surface area contributed by atoms with Crippen molar-refractivity contribution >= 4 is 0 Å². The van der Waals surface area contributed by atoms with Gasteiger partial charge in [0.25, 0.3) is 5.56 Å². The Morgan fingerprint density at radius 3 is 2.71 bits per heavy atom. The average Bonchev–Trinajstić information content (AvgIpc) is 2.24. The number of fused-ring (bicyclic) bond motifs is 4. The van der Waals surface area contributed by atoms with Crippen LogP contribution in [0.3, 0.4) is 0 Å². The van der Waals surface area contributed by atoms with Gasteiger partial charge in [-0.2, -0.15) is 0 Å². The van der Waals surface area contributed by atoms with Crippen molar-refractivity contribution in [3.63, 3.8) is 0 Å². The minimum Gasteiger partial charge on any atom is -0.312 e. The van der Waals surface area contributed by atoms with Crippen molar-refractivity contribution in [3.05, 3.63) is 33.2 Å². The lowest BCUT2D eigenvalue weighted by Gasteiger charge is -2.42. The first-order valence-electron chi connectivity index (χ1n) is 6.45. The van der Waals surface area contributed by atoms with Crippen LogP contribution in [0.4, 0.5) is 0 Å². The van der Waals surface area contributed by atoms with Crippen LogP contribution >= 0.6 is 0 Å². The van der Waals surface area contributed by atoms with E-state index in [0.29, 0.717) is 11.8 Å². The fourth-order valence-corrected chi connectivity index (χ4v) is 3.75. The van der Waals surface area contributed by atoms with Crippen molar-refractivity contribution in [2.45, 2.75) is 32.7 Å². The summed E-state index contributed by atoms with van der Waals surface area (Å²) < 4.78 is 2.05. The van der Waals surface area contributed by atoms with Crippen molar-refractivity contribution < 1.29 is 0 Å². The Labute approximate surface area is 102 Å². The van der Waals surface area contributed by atoms with Crippen LogP contribution < -0.4 is 5.56 Å². The molecule has 0 aromatic carbocycles. The number of likely N-dealkylation sites (N-methyl/N-ethyl adjacent to an activating group) is 1. The molecule has 0 amide bonds. The van der Waals surface area contributed by atoms with E-state index in [9.17, 15) is 4.79 Å². The maximum atomic E-state index is 12.2. The molecule has 0 aliphatic carbocycles. The summed E-state index contributed by atoms with van der Waals surface area (Å²) in [5.74, 6) is 1.21. The Kier molecular flexibility index (Phi) is 2.40. The molecule has 1 fully saturated rings. The van der Waals surface area contributed by atoms with Gasteiger partial charge >= 0.3 is 0 Å². The Morgan fingerprint density at radius 1 is 1.18 bits per heavy atom. The highest BCUT2D eigenvalue weighted by Crippen LogP contribution is 2.36. The molecule has 0 saturated carbocycles. The quantitative estimate of drug-likeness (QED) is 0.677. The first kappa shape index (κ1) is 11.0. The second kappa shape index (κ2) is 3.70. The van der Waals surface area contributed by atoms with Gasteiger partial charge < -0.3 is 9.47 Å². The van der Waals surface area contributed by atoms with Crippen LogP contribution in [0.15, 0.2) is 10.9 Å². The topological polar surface area (TPSA) is 25.2 Å². The fourth-order valence-electron chi connectivity index (χ4n) is 3.75. The second-order valence-electron chi connectivity index (χ2n) is 5.83. The number of piperidine rings is 1. The normalized spacial score (nSPS) is 27.9. The molecule has 2 unspecified atom stereocenters. The minimum absolute atomic E-state index is 0.227. The van der Waals surface area contributed by atoms with Crippen LogP contribution in [0.2, 0.25) is 0 Å². The summed E-state index contributed by atoms with van der Waals surface area (Å²) in [4.78, 5) is 14.6. The number of hydrogen-bond donors (Lipinski definition) is 0. The van der Waals surface area contributed by atoms with E-state index in [1.807, 2.05) is 6.92 Å². The molecule has 0 spiro atoms. The molecule has 17 heavy (non-hydrogen) atoms. The molecule has 0 N–H and O–H groups in total. The molecule has 3 rings (SSSR count). The van der Waals surface area contributed by atoms with Gasteiger partial charge in [0.2, 0.25) is 0 Å². The monoisotopic (exact) mass is 232 g/mol. The molecule has 3 heteroatoms. The van der Waals surface area contributed by atoms with Crippen molar-refractivity contribution in [2.24, 2.45) is 5.92 Å². The number of hydrogen-bond acceptors (Lipinski definition) is 2. The number of aromatic nitrogens is 1. The Hall–Kier alpha value is -1.09. The van der Waals surface area contributed by atoms with Gasteiger partial charge in [0.05, 0.1) is 0 Å².